The van der Waals surface area contributed by atoms with Gasteiger partial charge in [0.15, 0.2) is 0 Å². The first-order valence-electron chi connectivity index (χ1n) is 8.29. The summed E-state index contributed by atoms with van der Waals surface area (Å²) < 4.78 is 71.1. The van der Waals surface area contributed by atoms with Gasteiger partial charge in [0, 0.05) is 17.6 Å². The van der Waals surface area contributed by atoms with Crippen LogP contribution in [0.5, 0.6) is 5.75 Å². The topological polar surface area (TPSA) is 63.7 Å². The molecule has 1 aliphatic rings. The third kappa shape index (κ3) is 4.23. The molecule has 0 amide bonds. The van der Waals surface area contributed by atoms with Gasteiger partial charge in [0.1, 0.15) is 5.75 Å². The van der Waals surface area contributed by atoms with Crippen molar-refractivity contribution in [1.29, 1.82) is 0 Å². The lowest BCUT2D eigenvalue weighted by atomic mass is 10.2. The third-order valence-corrected chi connectivity index (χ3v) is 6.84. The first-order chi connectivity index (χ1) is 13.1. The Labute approximate surface area is 168 Å². The number of carbonyl (C=O) groups is 1. The van der Waals surface area contributed by atoms with Crippen molar-refractivity contribution in [1.82, 2.24) is 4.31 Å². The fourth-order valence-electron chi connectivity index (χ4n) is 2.84. The highest BCUT2D eigenvalue weighted by Gasteiger charge is 2.35. The van der Waals surface area contributed by atoms with Gasteiger partial charge >= 0.3 is 12.1 Å². The number of sulfonamides is 1. The fourth-order valence-corrected chi connectivity index (χ4v) is 4.80. The molecule has 0 saturated carbocycles. The van der Waals surface area contributed by atoms with Gasteiger partial charge in [0.2, 0.25) is 10.0 Å². The van der Waals surface area contributed by atoms with Crippen LogP contribution in [0.15, 0.2) is 51.8 Å². The van der Waals surface area contributed by atoms with Crippen molar-refractivity contribution in [3.8, 4) is 5.75 Å². The lowest BCUT2D eigenvalue weighted by Crippen LogP contribution is -2.28. The fraction of sp³-hybridized carbons (Fsp3) is 0.278. The van der Waals surface area contributed by atoms with Crippen LogP contribution in [0.3, 0.4) is 0 Å². The predicted octanol–water partition coefficient (Wildman–Crippen LogP) is 4.47. The van der Waals surface area contributed by atoms with Gasteiger partial charge in [-0.1, -0.05) is 12.1 Å². The molecular formula is C18H15BrF3NO4S. The number of alkyl halides is 3. The molecule has 0 unspecified atom stereocenters. The first kappa shape index (κ1) is 20.8. The van der Waals surface area contributed by atoms with E-state index in [4.69, 9.17) is 4.74 Å². The van der Waals surface area contributed by atoms with E-state index >= 15 is 0 Å². The van der Waals surface area contributed by atoms with Crippen LogP contribution in [0.1, 0.15) is 28.8 Å². The molecule has 28 heavy (non-hydrogen) atoms. The molecular weight excluding hydrogens is 463 g/mol. The lowest BCUT2D eigenvalue weighted by Gasteiger charge is -2.17. The van der Waals surface area contributed by atoms with Crippen molar-refractivity contribution in [3.63, 3.8) is 0 Å². The van der Waals surface area contributed by atoms with Gasteiger partial charge in [-0.05, 0) is 59.1 Å². The minimum atomic E-state index is -4.70. The molecule has 0 radical (unpaired) electrons. The van der Waals surface area contributed by atoms with Crippen molar-refractivity contribution < 1.29 is 31.1 Å². The van der Waals surface area contributed by atoms with Crippen LogP contribution in [0, 0.1) is 0 Å². The molecule has 1 heterocycles. The van der Waals surface area contributed by atoms with Crippen molar-refractivity contribution >= 4 is 31.9 Å². The van der Waals surface area contributed by atoms with Crippen molar-refractivity contribution in [3.05, 3.63) is 58.1 Å². The SMILES string of the molecule is O=C(Oc1ccccc1C(F)(F)F)c1cc(S(=O)(=O)N2CCCC2)ccc1Br. The molecule has 2 aromatic carbocycles. The molecule has 10 heteroatoms. The molecule has 1 fully saturated rings. The normalized spacial score (nSPS) is 15.6. The molecule has 0 aromatic heterocycles. The van der Waals surface area contributed by atoms with Gasteiger partial charge < -0.3 is 4.74 Å². The molecule has 1 saturated heterocycles. The predicted molar refractivity (Wildman–Crippen MR) is 98.5 cm³/mol. The Bertz CT molecular complexity index is 1000. The smallest absolute Gasteiger partial charge is 0.419 e. The maximum Gasteiger partial charge on any atom is 0.419 e. The average Bonchev–Trinajstić information content (AvgIpc) is 3.17. The number of carbonyl (C=O) groups excluding carboxylic acids is 1. The summed E-state index contributed by atoms with van der Waals surface area (Å²) in [6.45, 7) is 0.772. The Kier molecular flexibility index (Phi) is 5.83. The summed E-state index contributed by atoms with van der Waals surface area (Å²) in [4.78, 5) is 12.4. The van der Waals surface area contributed by atoms with Gasteiger partial charge in [0.05, 0.1) is 16.0 Å². The van der Waals surface area contributed by atoms with Gasteiger partial charge in [-0.15, -0.1) is 0 Å². The average molecular weight is 478 g/mol. The number of halogens is 4. The quantitative estimate of drug-likeness (QED) is 0.481. The minimum Gasteiger partial charge on any atom is -0.422 e. The number of hydrogen-bond acceptors (Lipinski definition) is 4. The third-order valence-electron chi connectivity index (χ3n) is 4.26. The number of hydrogen-bond donors (Lipinski definition) is 0. The summed E-state index contributed by atoms with van der Waals surface area (Å²) in [6.07, 6.45) is -3.20. The Morgan fingerprint density at radius 3 is 2.36 bits per heavy atom. The second-order valence-electron chi connectivity index (χ2n) is 6.14. The summed E-state index contributed by atoms with van der Waals surface area (Å²) in [7, 11) is -3.79. The zero-order chi connectivity index (χ0) is 20.5. The summed E-state index contributed by atoms with van der Waals surface area (Å²) >= 11 is 3.12. The van der Waals surface area contributed by atoms with Crippen molar-refractivity contribution in [2.24, 2.45) is 0 Å². The maximum absolute atomic E-state index is 13.1. The number of para-hydroxylation sites is 1. The van der Waals surface area contributed by atoms with Crippen LogP contribution in [0.2, 0.25) is 0 Å². The summed E-state index contributed by atoms with van der Waals surface area (Å²) in [5.41, 5.74) is -1.28. The number of esters is 1. The lowest BCUT2D eigenvalue weighted by molar-refractivity contribution is -0.138. The van der Waals surface area contributed by atoms with E-state index in [0.29, 0.717) is 13.1 Å². The zero-order valence-electron chi connectivity index (χ0n) is 14.4. The molecule has 1 aliphatic heterocycles. The molecule has 0 aliphatic carbocycles. The van der Waals surface area contributed by atoms with Crippen LogP contribution in [-0.2, 0) is 16.2 Å². The van der Waals surface area contributed by atoms with Crippen LogP contribution in [-0.4, -0.2) is 31.8 Å². The number of rotatable bonds is 4. The van der Waals surface area contributed by atoms with Crippen molar-refractivity contribution in [2.45, 2.75) is 23.9 Å². The van der Waals surface area contributed by atoms with E-state index in [9.17, 15) is 26.4 Å². The number of ether oxygens (including phenoxy) is 1. The zero-order valence-corrected chi connectivity index (χ0v) is 16.8. The highest BCUT2D eigenvalue weighted by atomic mass is 79.9. The molecule has 150 valence electrons. The Morgan fingerprint density at radius 2 is 1.71 bits per heavy atom. The molecule has 2 aromatic rings. The maximum atomic E-state index is 13.1. The van der Waals surface area contributed by atoms with Gasteiger partial charge in [0.25, 0.3) is 0 Å². The largest absolute Gasteiger partial charge is 0.422 e. The van der Waals surface area contributed by atoms with E-state index in [1.165, 1.54) is 28.6 Å². The second kappa shape index (κ2) is 7.84. The number of nitrogens with zero attached hydrogens (tertiary/aromatic N) is 1. The van der Waals surface area contributed by atoms with E-state index in [0.717, 1.165) is 31.0 Å². The number of benzene rings is 2. The van der Waals surface area contributed by atoms with E-state index in [1.807, 2.05) is 0 Å². The Morgan fingerprint density at radius 1 is 1.07 bits per heavy atom. The Balaban J connectivity index is 1.93. The molecule has 0 N–H and O–H groups in total. The first-order valence-corrected chi connectivity index (χ1v) is 10.5. The molecule has 0 bridgehead atoms. The van der Waals surface area contributed by atoms with Gasteiger partial charge in [-0.3, -0.25) is 0 Å². The molecule has 5 nitrogen and oxygen atoms in total. The summed E-state index contributed by atoms with van der Waals surface area (Å²) in [6, 6.07) is 8.11. The van der Waals surface area contributed by atoms with Crippen LogP contribution >= 0.6 is 15.9 Å². The van der Waals surface area contributed by atoms with Crippen LogP contribution < -0.4 is 4.74 Å². The summed E-state index contributed by atoms with van der Waals surface area (Å²) in [5, 5.41) is 0. The summed E-state index contributed by atoms with van der Waals surface area (Å²) in [5.74, 6) is -1.75. The van der Waals surface area contributed by atoms with E-state index in [-0.39, 0.29) is 14.9 Å². The molecule has 0 spiro atoms. The van der Waals surface area contributed by atoms with Gasteiger partial charge in [-0.2, -0.15) is 17.5 Å². The van der Waals surface area contributed by atoms with Crippen molar-refractivity contribution in [2.75, 3.05) is 13.1 Å². The van der Waals surface area contributed by atoms with E-state index in [1.54, 1.807) is 0 Å². The Hall–Kier alpha value is -1.91. The second-order valence-corrected chi connectivity index (χ2v) is 8.93. The van der Waals surface area contributed by atoms with Gasteiger partial charge in [-0.25, -0.2) is 13.2 Å². The highest BCUT2D eigenvalue weighted by molar-refractivity contribution is 9.10. The van der Waals surface area contributed by atoms with Crippen LogP contribution in [0.4, 0.5) is 13.2 Å². The monoisotopic (exact) mass is 477 g/mol. The van der Waals surface area contributed by atoms with Crippen LogP contribution in [0.25, 0.3) is 0 Å². The standard InChI is InChI=1S/C18H15BrF3NO4S/c19-15-8-7-12(28(25,26)23-9-3-4-10-23)11-13(15)17(24)27-16-6-2-1-5-14(16)18(20,21)22/h1-2,5-8,11H,3-4,9-10H2. The minimum absolute atomic E-state index is 0.117. The molecule has 3 rings (SSSR count). The highest BCUT2D eigenvalue weighted by Crippen LogP contribution is 2.36. The van der Waals surface area contributed by atoms with E-state index in [2.05, 4.69) is 15.9 Å². The van der Waals surface area contributed by atoms with E-state index < -0.39 is 33.5 Å². The molecule has 0 atom stereocenters.